The molecule has 0 unspecified atom stereocenters. The van der Waals surface area contributed by atoms with Gasteiger partial charge in [0, 0.05) is 6.54 Å². The molecule has 0 aromatic rings. The topological polar surface area (TPSA) is 157 Å². The number of hydrogen-bond acceptors (Lipinski definition) is 4. The molecule has 0 aliphatic heterocycles. The molecule has 8 heteroatoms. The van der Waals surface area contributed by atoms with E-state index >= 15 is 0 Å². The van der Waals surface area contributed by atoms with Gasteiger partial charge >= 0.3 is 5.97 Å². The number of carbonyl (C=O) groups excluding carboxylic acids is 1. The Morgan fingerprint density at radius 3 is 2.40 bits per heavy atom. The average Bonchev–Trinajstić information content (AvgIpc) is 2.38. The first-order valence-electron chi connectivity index (χ1n) is 6.63. The van der Waals surface area contributed by atoms with E-state index in [0.717, 1.165) is 0 Å². The number of rotatable bonds is 9. The number of amides is 1. The largest absolute Gasteiger partial charge is 0.480 e. The lowest BCUT2D eigenvalue weighted by Crippen LogP contribution is -2.51. The van der Waals surface area contributed by atoms with E-state index in [1.807, 2.05) is 6.92 Å². The Morgan fingerprint density at radius 1 is 1.35 bits per heavy atom. The van der Waals surface area contributed by atoms with E-state index in [-0.39, 0.29) is 11.9 Å². The van der Waals surface area contributed by atoms with Gasteiger partial charge in [-0.15, -0.1) is 0 Å². The Hall–Kier alpha value is -1.83. The van der Waals surface area contributed by atoms with Crippen LogP contribution in [0, 0.1) is 5.92 Å². The molecule has 0 spiro atoms. The van der Waals surface area contributed by atoms with E-state index < -0.39 is 24.0 Å². The number of nitrogens with one attached hydrogen (secondary N) is 1. The van der Waals surface area contributed by atoms with E-state index in [4.69, 9.17) is 22.3 Å². The summed E-state index contributed by atoms with van der Waals surface area (Å²) >= 11 is 0. The molecule has 0 aromatic carbocycles. The maximum absolute atomic E-state index is 11.8. The number of carbonyl (C=O) groups is 2. The van der Waals surface area contributed by atoms with Crippen LogP contribution in [0.3, 0.4) is 0 Å². The predicted molar refractivity (Wildman–Crippen MR) is 76.9 cm³/mol. The predicted octanol–water partition coefficient (Wildman–Crippen LogP) is -1.02. The van der Waals surface area contributed by atoms with Crippen molar-refractivity contribution in [2.75, 3.05) is 6.54 Å². The molecule has 0 rings (SSSR count). The van der Waals surface area contributed by atoms with Crippen molar-refractivity contribution < 1.29 is 14.7 Å². The molecule has 8 N–H and O–H groups in total. The van der Waals surface area contributed by atoms with Crippen molar-refractivity contribution in [2.45, 2.75) is 45.2 Å². The lowest BCUT2D eigenvalue weighted by molar-refractivity contribution is -0.143. The summed E-state index contributed by atoms with van der Waals surface area (Å²) in [5, 5.41) is 11.5. The molecule has 0 bridgehead atoms. The van der Waals surface area contributed by atoms with Crippen molar-refractivity contribution in [3.63, 3.8) is 0 Å². The zero-order valence-corrected chi connectivity index (χ0v) is 12.0. The van der Waals surface area contributed by atoms with Gasteiger partial charge in [-0.2, -0.15) is 0 Å². The summed E-state index contributed by atoms with van der Waals surface area (Å²) in [5.74, 6) is -1.70. The first-order chi connectivity index (χ1) is 9.29. The van der Waals surface area contributed by atoms with Gasteiger partial charge in [0.25, 0.3) is 0 Å². The quantitative estimate of drug-likeness (QED) is 0.207. The molecule has 8 nitrogen and oxygen atoms in total. The second kappa shape index (κ2) is 9.13. The molecule has 0 radical (unpaired) electrons. The van der Waals surface area contributed by atoms with E-state index in [9.17, 15) is 9.59 Å². The van der Waals surface area contributed by atoms with Gasteiger partial charge in [0.2, 0.25) is 5.91 Å². The molecular formula is C12H25N5O3. The number of aliphatic carboxylic acids is 1. The molecule has 0 fully saturated rings. The fourth-order valence-corrected chi connectivity index (χ4v) is 1.59. The summed E-state index contributed by atoms with van der Waals surface area (Å²) in [4.78, 5) is 26.7. The highest BCUT2D eigenvalue weighted by atomic mass is 16.4. The lowest BCUT2D eigenvalue weighted by Gasteiger charge is -2.22. The number of nitrogens with two attached hydrogens (primary N) is 3. The van der Waals surface area contributed by atoms with Gasteiger partial charge < -0.3 is 27.6 Å². The maximum Gasteiger partial charge on any atom is 0.326 e. The van der Waals surface area contributed by atoms with Gasteiger partial charge in [-0.1, -0.05) is 20.3 Å². The Kier molecular flexibility index (Phi) is 8.30. The van der Waals surface area contributed by atoms with Crippen molar-refractivity contribution in [2.24, 2.45) is 28.1 Å². The molecule has 1 amide bonds. The molecule has 0 saturated heterocycles. The second-order valence-electron chi connectivity index (χ2n) is 4.77. The molecular weight excluding hydrogens is 262 g/mol. The van der Waals surface area contributed by atoms with Gasteiger partial charge in [0.05, 0.1) is 6.04 Å². The summed E-state index contributed by atoms with van der Waals surface area (Å²) in [5.41, 5.74) is 16.0. The van der Waals surface area contributed by atoms with Crippen LogP contribution in [0.15, 0.2) is 4.99 Å². The first-order valence-corrected chi connectivity index (χ1v) is 6.63. The number of carboxylic acid groups (broad SMARTS) is 1. The van der Waals surface area contributed by atoms with E-state index in [2.05, 4.69) is 10.3 Å². The molecule has 20 heavy (non-hydrogen) atoms. The van der Waals surface area contributed by atoms with E-state index in [1.54, 1.807) is 6.92 Å². The molecule has 3 atom stereocenters. The Balaban J connectivity index is 4.29. The van der Waals surface area contributed by atoms with Gasteiger partial charge in [-0.05, 0) is 18.8 Å². The van der Waals surface area contributed by atoms with Crippen LogP contribution in [0.4, 0.5) is 0 Å². The van der Waals surface area contributed by atoms with Crippen LogP contribution in [0.5, 0.6) is 0 Å². The highest BCUT2D eigenvalue weighted by Gasteiger charge is 2.27. The van der Waals surface area contributed by atoms with Gasteiger partial charge in [-0.3, -0.25) is 9.79 Å². The maximum atomic E-state index is 11.8. The number of guanidine groups is 1. The molecule has 0 aliphatic carbocycles. The fraction of sp³-hybridized carbons (Fsp3) is 0.750. The molecule has 0 aliphatic rings. The van der Waals surface area contributed by atoms with Crippen LogP contribution >= 0.6 is 0 Å². The first kappa shape index (κ1) is 18.2. The van der Waals surface area contributed by atoms with Crippen LogP contribution in [0.1, 0.15) is 33.1 Å². The third-order valence-corrected chi connectivity index (χ3v) is 3.08. The molecule has 0 heterocycles. The highest BCUT2D eigenvalue weighted by Crippen LogP contribution is 2.08. The standard InChI is InChI=1S/C12H25N5O3/c1-3-7(2)9(11(19)20)17-10(18)8(13)5-4-6-16-12(14)15/h7-9H,3-6,13H2,1-2H3,(H,17,18)(H,19,20)(H4,14,15,16)/t7-,8-,9+/m1/s1. The summed E-state index contributed by atoms with van der Waals surface area (Å²) < 4.78 is 0. The Labute approximate surface area is 118 Å². The summed E-state index contributed by atoms with van der Waals surface area (Å²) in [6.07, 6.45) is 1.58. The van der Waals surface area contributed by atoms with Crippen molar-refractivity contribution in [1.29, 1.82) is 0 Å². The lowest BCUT2D eigenvalue weighted by atomic mass is 9.98. The number of carboxylic acids is 1. The third kappa shape index (κ3) is 6.93. The minimum absolute atomic E-state index is 0.00858. The van der Waals surface area contributed by atoms with Gasteiger partial charge in [0.1, 0.15) is 6.04 Å². The van der Waals surface area contributed by atoms with Gasteiger partial charge in [-0.25, -0.2) is 4.79 Å². The van der Waals surface area contributed by atoms with Crippen LogP contribution in [-0.2, 0) is 9.59 Å². The van der Waals surface area contributed by atoms with E-state index in [1.165, 1.54) is 0 Å². The van der Waals surface area contributed by atoms with Crippen molar-refractivity contribution in [3.8, 4) is 0 Å². The fourth-order valence-electron chi connectivity index (χ4n) is 1.59. The van der Waals surface area contributed by atoms with E-state index in [0.29, 0.717) is 25.8 Å². The zero-order valence-electron chi connectivity index (χ0n) is 12.0. The summed E-state index contributed by atoms with van der Waals surface area (Å²) in [6, 6.07) is -1.69. The molecule has 0 aromatic heterocycles. The minimum atomic E-state index is -1.06. The Morgan fingerprint density at radius 2 is 1.95 bits per heavy atom. The summed E-state index contributed by atoms with van der Waals surface area (Å²) in [6.45, 7) is 4.02. The normalized spacial score (nSPS) is 14.9. The van der Waals surface area contributed by atoms with Gasteiger partial charge in [0.15, 0.2) is 5.96 Å². The SMILES string of the molecule is CC[C@@H](C)[C@H](NC(=O)[C@H](N)CCCN=C(N)N)C(=O)O. The highest BCUT2D eigenvalue weighted by molar-refractivity contribution is 5.86. The van der Waals surface area contributed by atoms with Crippen LogP contribution in [-0.4, -0.2) is 41.6 Å². The number of hydrogen-bond donors (Lipinski definition) is 5. The van der Waals surface area contributed by atoms with Crippen LogP contribution in [0.25, 0.3) is 0 Å². The van der Waals surface area contributed by atoms with Crippen molar-refractivity contribution in [1.82, 2.24) is 5.32 Å². The Bertz CT molecular complexity index is 355. The molecule has 0 saturated carbocycles. The average molecular weight is 287 g/mol. The molecule has 116 valence electrons. The second-order valence-corrected chi connectivity index (χ2v) is 4.77. The zero-order chi connectivity index (χ0) is 15.7. The van der Waals surface area contributed by atoms with Crippen LogP contribution < -0.4 is 22.5 Å². The summed E-state index contributed by atoms with van der Waals surface area (Å²) in [7, 11) is 0. The minimum Gasteiger partial charge on any atom is -0.480 e. The number of nitrogens with zero attached hydrogens (tertiary/aromatic N) is 1. The monoisotopic (exact) mass is 287 g/mol. The number of aliphatic imine (C=N–C) groups is 1. The van der Waals surface area contributed by atoms with Crippen molar-refractivity contribution in [3.05, 3.63) is 0 Å². The third-order valence-electron chi connectivity index (χ3n) is 3.08. The smallest absolute Gasteiger partial charge is 0.326 e. The van der Waals surface area contributed by atoms with Crippen molar-refractivity contribution >= 4 is 17.8 Å². The van der Waals surface area contributed by atoms with Crippen LogP contribution in [0.2, 0.25) is 0 Å².